The van der Waals surface area contributed by atoms with Crippen molar-refractivity contribution in [3.8, 4) is 0 Å². The Morgan fingerprint density at radius 2 is 1.86 bits per heavy atom. The molecule has 0 radical (unpaired) electrons. The summed E-state index contributed by atoms with van der Waals surface area (Å²) in [6.45, 7) is 6.06. The molecule has 0 fully saturated rings. The van der Waals surface area contributed by atoms with E-state index in [2.05, 4.69) is 47.0 Å². The van der Waals surface area contributed by atoms with Crippen LogP contribution in [-0.4, -0.2) is 26.1 Å². The molecule has 0 aliphatic heterocycles. The molecule has 1 aromatic carbocycles. The number of anilines is 1. The summed E-state index contributed by atoms with van der Waals surface area (Å²) in [5.74, 6) is 0.403. The first kappa shape index (κ1) is 14.5. The van der Waals surface area contributed by atoms with Crippen LogP contribution in [0.15, 0.2) is 30.9 Å². The molecule has 114 valence electrons. The first-order chi connectivity index (χ1) is 10.6. The minimum Gasteiger partial charge on any atom is -0.382 e. The second-order valence-electron chi connectivity index (χ2n) is 5.42. The van der Waals surface area contributed by atoms with Crippen LogP contribution in [0.2, 0.25) is 0 Å². The first-order valence-electron chi connectivity index (χ1n) is 7.20. The van der Waals surface area contributed by atoms with Crippen LogP contribution in [0.1, 0.15) is 16.7 Å². The van der Waals surface area contributed by atoms with E-state index in [-0.39, 0.29) is 0 Å². The zero-order valence-corrected chi connectivity index (χ0v) is 12.8. The molecule has 6 nitrogen and oxygen atoms in total. The lowest BCUT2D eigenvalue weighted by atomic mass is 10.1. The second kappa shape index (κ2) is 6.11. The van der Waals surface area contributed by atoms with Gasteiger partial charge in [-0.2, -0.15) is 0 Å². The lowest BCUT2D eigenvalue weighted by molar-refractivity contribution is 0.113. The van der Waals surface area contributed by atoms with Crippen molar-refractivity contribution in [2.45, 2.75) is 27.0 Å². The van der Waals surface area contributed by atoms with Gasteiger partial charge >= 0.3 is 0 Å². The fourth-order valence-corrected chi connectivity index (χ4v) is 2.57. The Labute approximate surface area is 129 Å². The van der Waals surface area contributed by atoms with E-state index < -0.39 is 0 Å². The van der Waals surface area contributed by atoms with Gasteiger partial charge in [0.1, 0.15) is 11.8 Å². The Morgan fingerprint density at radius 3 is 2.64 bits per heavy atom. The van der Waals surface area contributed by atoms with Crippen molar-refractivity contribution >= 4 is 17.0 Å². The molecule has 0 aliphatic rings. The second-order valence-corrected chi connectivity index (χ2v) is 5.42. The zero-order chi connectivity index (χ0) is 15.5. The third kappa shape index (κ3) is 3.07. The summed E-state index contributed by atoms with van der Waals surface area (Å²) in [6.07, 6.45) is 3.17. The van der Waals surface area contributed by atoms with E-state index in [4.69, 9.17) is 10.5 Å². The van der Waals surface area contributed by atoms with Crippen LogP contribution >= 0.6 is 0 Å². The number of fused-ring (bicyclic) bond motifs is 1. The van der Waals surface area contributed by atoms with E-state index in [0.717, 1.165) is 5.65 Å². The number of hydrogen-bond donors (Lipinski definition) is 1. The minimum absolute atomic E-state index is 0.403. The van der Waals surface area contributed by atoms with E-state index in [9.17, 15) is 0 Å². The van der Waals surface area contributed by atoms with E-state index >= 15 is 0 Å². The zero-order valence-electron chi connectivity index (χ0n) is 12.8. The highest BCUT2D eigenvalue weighted by molar-refractivity contribution is 5.80. The quantitative estimate of drug-likeness (QED) is 0.731. The predicted octanol–water partition coefficient (Wildman–Crippen LogP) is 2.24. The molecule has 2 N–H and O–H groups in total. The molecule has 0 atom stereocenters. The fraction of sp³-hybridized carbons (Fsp3) is 0.312. The summed E-state index contributed by atoms with van der Waals surface area (Å²) in [7, 11) is 0. The van der Waals surface area contributed by atoms with Gasteiger partial charge in [0.25, 0.3) is 0 Å². The average Bonchev–Trinajstić information content (AvgIpc) is 2.87. The predicted molar refractivity (Wildman–Crippen MR) is 85.3 cm³/mol. The molecular weight excluding hydrogens is 278 g/mol. The number of rotatable bonds is 5. The lowest BCUT2D eigenvalue weighted by Gasteiger charge is -2.07. The minimum atomic E-state index is 0.403. The molecule has 2 heterocycles. The molecule has 3 rings (SSSR count). The standard InChI is InChI=1S/C16H19N5O/c1-11-5-12(2)7-13(6-11)8-22-4-3-21-10-20-14-15(17)18-9-19-16(14)21/h5-7,9-10H,3-4,8H2,1-2H3,(H2,17,18,19). The average molecular weight is 297 g/mol. The van der Waals surface area contributed by atoms with E-state index in [1.807, 2.05) is 4.57 Å². The largest absolute Gasteiger partial charge is 0.382 e. The molecule has 0 saturated carbocycles. The van der Waals surface area contributed by atoms with Gasteiger partial charge in [0.2, 0.25) is 0 Å². The Bertz CT molecular complexity index is 776. The van der Waals surface area contributed by atoms with Crippen molar-refractivity contribution in [2.24, 2.45) is 0 Å². The van der Waals surface area contributed by atoms with Crippen LogP contribution in [0, 0.1) is 13.8 Å². The molecule has 0 spiro atoms. The maximum Gasteiger partial charge on any atom is 0.165 e. The molecule has 0 unspecified atom stereocenters. The first-order valence-corrected chi connectivity index (χ1v) is 7.20. The number of nitrogens with zero attached hydrogens (tertiary/aromatic N) is 4. The summed E-state index contributed by atoms with van der Waals surface area (Å²) in [6, 6.07) is 6.45. The number of nitrogen functional groups attached to an aromatic ring is 1. The highest BCUT2D eigenvalue weighted by Crippen LogP contribution is 2.14. The normalized spacial score (nSPS) is 11.2. The van der Waals surface area contributed by atoms with E-state index in [0.29, 0.717) is 31.1 Å². The van der Waals surface area contributed by atoms with Gasteiger partial charge in [0, 0.05) is 6.54 Å². The van der Waals surface area contributed by atoms with Crippen molar-refractivity contribution < 1.29 is 4.74 Å². The number of aromatic nitrogens is 4. The summed E-state index contributed by atoms with van der Waals surface area (Å²) in [4.78, 5) is 12.4. The Kier molecular flexibility index (Phi) is 4.02. The Balaban J connectivity index is 1.59. The van der Waals surface area contributed by atoms with Crippen LogP contribution in [0.5, 0.6) is 0 Å². The fourth-order valence-electron chi connectivity index (χ4n) is 2.57. The van der Waals surface area contributed by atoms with E-state index in [1.165, 1.54) is 23.0 Å². The van der Waals surface area contributed by atoms with Gasteiger partial charge in [0.05, 0.1) is 19.5 Å². The highest BCUT2D eigenvalue weighted by Gasteiger charge is 2.07. The third-order valence-corrected chi connectivity index (χ3v) is 3.46. The summed E-state index contributed by atoms with van der Waals surface area (Å²) in [5, 5.41) is 0. The van der Waals surface area contributed by atoms with Crippen molar-refractivity contribution in [3.63, 3.8) is 0 Å². The highest BCUT2D eigenvalue weighted by atomic mass is 16.5. The molecule has 0 bridgehead atoms. The molecule has 0 amide bonds. The monoisotopic (exact) mass is 297 g/mol. The molecule has 0 saturated heterocycles. The number of imidazole rings is 1. The topological polar surface area (TPSA) is 78.9 Å². The van der Waals surface area contributed by atoms with Crippen molar-refractivity contribution in [1.82, 2.24) is 19.5 Å². The number of benzene rings is 1. The molecule has 0 aliphatic carbocycles. The van der Waals surface area contributed by atoms with Gasteiger partial charge in [-0.3, -0.25) is 0 Å². The van der Waals surface area contributed by atoms with Crippen molar-refractivity contribution in [3.05, 3.63) is 47.5 Å². The summed E-state index contributed by atoms with van der Waals surface area (Å²) >= 11 is 0. The lowest BCUT2D eigenvalue weighted by Crippen LogP contribution is -2.06. The Hall–Kier alpha value is -2.47. The van der Waals surface area contributed by atoms with Gasteiger partial charge in [-0.05, 0) is 19.4 Å². The van der Waals surface area contributed by atoms with Crippen LogP contribution in [-0.2, 0) is 17.9 Å². The van der Waals surface area contributed by atoms with Crippen LogP contribution < -0.4 is 5.73 Å². The van der Waals surface area contributed by atoms with Crippen LogP contribution in [0.3, 0.4) is 0 Å². The SMILES string of the molecule is Cc1cc(C)cc(COCCn2cnc3c(N)ncnc32)c1. The van der Waals surface area contributed by atoms with Crippen LogP contribution in [0.4, 0.5) is 5.82 Å². The summed E-state index contributed by atoms with van der Waals surface area (Å²) in [5.41, 5.74) is 10.9. The third-order valence-electron chi connectivity index (χ3n) is 3.46. The van der Waals surface area contributed by atoms with Crippen LogP contribution in [0.25, 0.3) is 11.2 Å². The number of hydrogen-bond acceptors (Lipinski definition) is 5. The van der Waals surface area contributed by atoms with Gasteiger partial charge in [0.15, 0.2) is 11.5 Å². The maximum atomic E-state index is 5.77. The molecule has 6 heteroatoms. The molecule has 3 aromatic rings. The summed E-state index contributed by atoms with van der Waals surface area (Å²) < 4.78 is 7.68. The van der Waals surface area contributed by atoms with Gasteiger partial charge < -0.3 is 15.0 Å². The number of aryl methyl sites for hydroxylation is 2. The molecular formula is C16H19N5O. The van der Waals surface area contributed by atoms with Crippen molar-refractivity contribution in [2.75, 3.05) is 12.3 Å². The molecule has 22 heavy (non-hydrogen) atoms. The van der Waals surface area contributed by atoms with Gasteiger partial charge in [-0.15, -0.1) is 0 Å². The van der Waals surface area contributed by atoms with Crippen molar-refractivity contribution in [1.29, 1.82) is 0 Å². The van der Waals surface area contributed by atoms with E-state index in [1.54, 1.807) is 6.33 Å². The van der Waals surface area contributed by atoms with Gasteiger partial charge in [-0.25, -0.2) is 15.0 Å². The Morgan fingerprint density at radius 1 is 1.09 bits per heavy atom. The number of ether oxygens (including phenoxy) is 1. The smallest absolute Gasteiger partial charge is 0.165 e. The van der Waals surface area contributed by atoms with Gasteiger partial charge in [-0.1, -0.05) is 29.3 Å². The molecule has 2 aromatic heterocycles. The number of nitrogens with two attached hydrogens (primary N) is 1. The maximum absolute atomic E-state index is 5.77.